The molecule has 0 bridgehead atoms. The van der Waals surface area contributed by atoms with Crippen LogP contribution in [0.15, 0.2) is 48.5 Å². The number of esters is 1. The molecular weight excluding hydrogens is 678 g/mol. The number of carbonyl (C=O) groups is 5. The van der Waals surface area contributed by atoms with E-state index >= 15 is 0 Å². The van der Waals surface area contributed by atoms with E-state index in [1.54, 1.807) is 18.2 Å². The predicted molar refractivity (Wildman–Crippen MR) is 159 cm³/mol. The van der Waals surface area contributed by atoms with E-state index in [1.807, 2.05) is 0 Å². The minimum atomic E-state index is -1.75. The van der Waals surface area contributed by atoms with E-state index in [0.29, 0.717) is 5.56 Å². The fourth-order valence-corrected chi connectivity index (χ4v) is 5.66. The number of carboxylic acid groups (broad SMARTS) is 4. The standard InChI is InChI=1S/C30H26N2O13.ClH.2Na.2H/c33-21-7-23-19(5-15(21)9-31(11-25(35)36)12-26(37)38)30(18-4-2-1-3-17(18)29(43)45-30)20-6-16(22(34)8-24(20)44-23)10-32(13-27(39)40)14-28(41)42;;;;;/h1-8,33-34H,9-14H2,(H,35,36)(H,37,38)(H,39,40)(H,41,42);1H;;;;/q;;2*+1;2*-1. The van der Waals surface area contributed by atoms with Crippen molar-refractivity contribution in [3.8, 4) is 23.0 Å². The second-order valence-corrected chi connectivity index (χ2v) is 10.5. The third-order valence-corrected chi connectivity index (χ3v) is 7.34. The van der Waals surface area contributed by atoms with Gasteiger partial charge in [0, 0.05) is 53.0 Å². The molecule has 48 heavy (non-hydrogen) atoms. The molecule has 1 spiro atoms. The Morgan fingerprint density at radius 3 is 1.46 bits per heavy atom. The van der Waals surface area contributed by atoms with Crippen molar-refractivity contribution in [2.75, 3.05) is 26.2 Å². The van der Waals surface area contributed by atoms with Crippen molar-refractivity contribution < 1.29 is 126 Å². The molecule has 0 aliphatic carbocycles. The molecule has 5 rings (SSSR count). The summed E-state index contributed by atoms with van der Waals surface area (Å²) in [6.45, 7) is -3.27. The van der Waals surface area contributed by atoms with Gasteiger partial charge in [-0.3, -0.25) is 29.0 Å². The molecule has 0 aromatic heterocycles. The number of rotatable bonds is 12. The topological polar surface area (TPSA) is 232 Å². The second-order valence-electron chi connectivity index (χ2n) is 10.5. The number of carbonyl (C=O) groups excluding carboxylic acids is 1. The number of halogens is 1. The maximum absolute atomic E-state index is 13.3. The molecule has 3 aromatic carbocycles. The van der Waals surface area contributed by atoms with Gasteiger partial charge in [0.25, 0.3) is 0 Å². The molecule has 3 aromatic rings. The van der Waals surface area contributed by atoms with E-state index in [0.717, 1.165) is 9.80 Å². The first-order valence-electron chi connectivity index (χ1n) is 13.3. The number of nitrogens with zero attached hydrogens (tertiary/aromatic N) is 2. The van der Waals surface area contributed by atoms with Gasteiger partial charge in [0.1, 0.15) is 23.0 Å². The molecule has 18 heteroatoms. The molecule has 6 N–H and O–H groups in total. The number of hydrogen-bond acceptors (Lipinski definition) is 11. The average molecular weight is 707 g/mol. The Labute approximate surface area is 325 Å². The summed E-state index contributed by atoms with van der Waals surface area (Å²) in [5.74, 6) is -6.62. The Kier molecular flexibility index (Phi) is 13.9. The Morgan fingerprint density at radius 1 is 0.667 bits per heavy atom. The SMILES string of the molecule is Cl.O=C(O)CN(CC(=O)O)Cc1cc2c(cc1O)Oc1cc(O)c(CN(CC(=O)O)CC(=O)O)cc1C21OC(=O)c2ccccc21.[H-].[H-].[Na+].[Na+]. The first-order valence-corrected chi connectivity index (χ1v) is 13.3. The van der Waals surface area contributed by atoms with Crippen molar-refractivity contribution in [1.82, 2.24) is 9.80 Å². The van der Waals surface area contributed by atoms with Crippen LogP contribution in [0.2, 0.25) is 0 Å². The summed E-state index contributed by atoms with van der Waals surface area (Å²) < 4.78 is 12.1. The molecule has 246 valence electrons. The summed E-state index contributed by atoms with van der Waals surface area (Å²) >= 11 is 0. The van der Waals surface area contributed by atoms with E-state index in [2.05, 4.69) is 0 Å². The summed E-state index contributed by atoms with van der Waals surface area (Å²) in [5, 5.41) is 59.0. The van der Waals surface area contributed by atoms with Crippen LogP contribution in [0, 0.1) is 0 Å². The van der Waals surface area contributed by atoms with Crippen LogP contribution in [-0.4, -0.2) is 96.5 Å². The summed E-state index contributed by atoms with van der Waals surface area (Å²) in [6, 6.07) is 11.7. The van der Waals surface area contributed by atoms with Crippen LogP contribution < -0.4 is 63.9 Å². The minimum Gasteiger partial charge on any atom is -1.00 e. The molecular formula is C30H29ClN2Na2O13. The number of phenolic OH excluding ortho intramolecular Hbond substituents is 2. The van der Waals surface area contributed by atoms with Gasteiger partial charge in [-0.15, -0.1) is 12.4 Å². The van der Waals surface area contributed by atoms with E-state index in [-0.39, 0.29) is 138 Å². The van der Waals surface area contributed by atoms with Crippen molar-refractivity contribution in [2.24, 2.45) is 0 Å². The fraction of sp³-hybridized carbons (Fsp3) is 0.233. The van der Waals surface area contributed by atoms with Crippen LogP contribution >= 0.6 is 12.4 Å². The molecule has 2 heterocycles. The van der Waals surface area contributed by atoms with Gasteiger partial charge < -0.3 is 43.0 Å². The third kappa shape index (κ3) is 8.25. The number of hydrogen-bond donors (Lipinski definition) is 6. The Balaban J connectivity index is 0.00000480. The van der Waals surface area contributed by atoms with Crippen molar-refractivity contribution in [2.45, 2.75) is 18.7 Å². The summed E-state index contributed by atoms with van der Waals surface area (Å²) in [7, 11) is 0. The smallest absolute Gasteiger partial charge is 1.00 e. The van der Waals surface area contributed by atoms with Gasteiger partial charge in [-0.25, -0.2) is 4.79 Å². The van der Waals surface area contributed by atoms with Crippen molar-refractivity contribution >= 4 is 42.3 Å². The predicted octanol–water partition coefficient (Wildman–Crippen LogP) is -3.74. The number of phenols is 2. The largest absolute Gasteiger partial charge is 1.00 e. The number of aromatic hydroxyl groups is 2. The van der Waals surface area contributed by atoms with Crippen molar-refractivity contribution in [3.63, 3.8) is 0 Å². The van der Waals surface area contributed by atoms with E-state index in [1.165, 1.54) is 30.3 Å². The maximum atomic E-state index is 13.3. The monoisotopic (exact) mass is 706 g/mol. The van der Waals surface area contributed by atoms with Gasteiger partial charge in [0.05, 0.1) is 31.7 Å². The van der Waals surface area contributed by atoms with Crippen LogP contribution in [0.25, 0.3) is 0 Å². The molecule has 0 saturated carbocycles. The number of fused-ring (bicyclic) bond motifs is 6. The molecule has 15 nitrogen and oxygen atoms in total. The quantitative estimate of drug-likeness (QED) is 0.0785. The van der Waals surface area contributed by atoms with Crippen LogP contribution in [0.5, 0.6) is 23.0 Å². The number of ether oxygens (including phenoxy) is 2. The molecule has 0 saturated heterocycles. The zero-order chi connectivity index (χ0) is 32.6. The number of carboxylic acids is 4. The molecule has 0 atom stereocenters. The minimum absolute atomic E-state index is 0. The summed E-state index contributed by atoms with van der Waals surface area (Å²) in [6.07, 6.45) is 0. The Morgan fingerprint density at radius 2 is 1.06 bits per heavy atom. The van der Waals surface area contributed by atoms with Crippen molar-refractivity contribution in [3.05, 3.63) is 81.9 Å². The van der Waals surface area contributed by atoms with Gasteiger partial charge in [-0.1, -0.05) is 18.2 Å². The van der Waals surface area contributed by atoms with E-state index in [9.17, 15) is 54.6 Å². The normalized spacial score (nSPS) is 13.1. The Bertz CT molecular complexity index is 1660. The summed E-state index contributed by atoms with van der Waals surface area (Å²) in [4.78, 5) is 61.0. The fourth-order valence-electron chi connectivity index (χ4n) is 5.66. The van der Waals surface area contributed by atoms with Gasteiger partial charge in [-0.2, -0.15) is 0 Å². The van der Waals surface area contributed by atoms with E-state index in [4.69, 9.17) is 9.47 Å². The van der Waals surface area contributed by atoms with Crippen LogP contribution in [0.4, 0.5) is 0 Å². The zero-order valence-electron chi connectivity index (χ0n) is 27.7. The number of aliphatic carboxylic acids is 4. The first-order chi connectivity index (χ1) is 21.3. The van der Waals surface area contributed by atoms with Gasteiger partial charge >= 0.3 is 89.0 Å². The summed E-state index contributed by atoms with van der Waals surface area (Å²) in [5.41, 5.74) is -0.636. The van der Waals surface area contributed by atoms with Gasteiger partial charge in [0.15, 0.2) is 5.60 Å². The molecule has 2 aliphatic rings. The molecule has 0 unspecified atom stereocenters. The molecule has 0 fully saturated rings. The van der Waals surface area contributed by atoms with E-state index < -0.39 is 61.6 Å². The second kappa shape index (κ2) is 16.3. The first kappa shape index (κ1) is 40.8. The molecule has 0 amide bonds. The van der Waals surface area contributed by atoms with Crippen molar-refractivity contribution in [1.29, 1.82) is 0 Å². The molecule has 0 radical (unpaired) electrons. The average Bonchev–Trinajstić information content (AvgIpc) is 3.22. The molecule has 2 aliphatic heterocycles. The van der Waals surface area contributed by atoms with Gasteiger partial charge in [0.2, 0.25) is 0 Å². The maximum Gasteiger partial charge on any atom is 1.00 e. The number of benzene rings is 3. The van der Waals surface area contributed by atoms with Crippen LogP contribution in [0.3, 0.4) is 0 Å². The third-order valence-electron chi connectivity index (χ3n) is 7.34. The Hall–Kier alpha value is -3.38. The van der Waals surface area contributed by atoms with Crippen LogP contribution in [-0.2, 0) is 42.6 Å². The zero-order valence-corrected chi connectivity index (χ0v) is 30.5. The van der Waals surface area contributed by atoms with Gasteiger partial charge in [-0.05, 0) is 18.2 Å². The van der Waals surface area contributed by atoms with Crippen LogP contribution in [0.1, 0.15) is 41.0 Å².